The van der Waals surface area contributed by atoms with Crippen molar-refractivity contribution >= 4 is 6.03 Å². The number of likely N-dealkylation sites (tertiary alicyclic amines) is 1. The van der Waals surface area contributed by atoms with Crippen LogP contribution in [0.4, 0.5) is 4.79 Å². The molecule has 2 rings (SSSR count). The van der Waals surface area contributed by atoms with Crippen molar-refractivity contribution in [2.75, 3.05) is 39.3 Å². The molecule has 1 aromatic carbocycles. The summed E-state index contributed by atoms with van der Waals surface area (Å²) in [6.45, 7) is 9.33. The van der Waals surface area contributed by atoms with Gasteiger partial charge < -0.3 is 20.2 Å². The van der Waals surface area contributed by atoms with Gasteiger partial charge in [-0.2, -0.15) is 0 Å². The van der Waals surface area contributed by atoms with Crippen LogP contribution in [-0.2, 0) is 6.54 Å². The van der Waals surface area contributed by atoms with Crippen LogP contribution in [0.25, 0.3) is 0 Å². The number of benzene rings is 1. The monoisotopic (exact) mass is 347 g/mol. The SMILES string of the molecule is CCCN1CCC(CNC(=O)N(CCO)Cc2ccccc2C)CC1. The topological polar surface area (TPSA) is 55.8 Å². The number of aliphatic hydroxyl groups excluding tert-OH is 1. The molecule has 140 valence electrons. The zero-order valence-corrected chi connectivity index (χ0v) is 15.7. The largest absolute Gasteiger partial charge is 0.395 e. The van der Waals surface area contributed by atoms with Gasteiger partial charge in [0.25, 0.3) is 0 Å². The molecule has 1 saturated heterocycles. The van der Waals surface area contributed by atoms with E-state index in [2.05, 4.69) is 30.1 Å². The Morgan fingerprint density at radius 3 is 2.68 bits per heavy atom. The highest BCUT2D eigenvalue weighted by atomic mass is 16.3. The molecule has 2 amide bonds. The van der Waals surface area contributed by atoms with E-state index in [1.807, 2.05) is 18.2 Å². The summed E-state index contributed by atoms with van der Waals surface area (Å²) in [7, 11) is 0. The van der Waals surface area contributed by atoms with Crippen molar-refractivity contribution in [1.82, 2.24) is 15.1 Å². The van der Waals surface area contributed by atoms with Gasteiger partial charge in [0.15, 0.2) is 0 Å². The normalized spacial score (nSPS) is 16.0. The fourth-order valence-electron chi connectivity index (χ4n) is 3.44. The second-order valence-electron chi connectivity index (χ2n) is 7.04. The first-order chi connectivity index (χ1) is 12.1. The third kappa shape index (κ3) is 6.33. The number of carbonyl (C=O) groups excluding carboxylic acids is 1. The molecular formula is C20H33N3O2. The molecule has 1 aromatic rings. The van der Waals surface area contributed by atoms with Gasteiger partial charge in [-0.15, -0.1) is 0 Å². The smallest absolute Gasteiger partial charge is 0.317 e. The number of amides is 2. The van der Waals surface area contributed by atoms with E-state index >= 15 is 0 Å². The Morgan fingerprint density at radius 1 is 1.32 bits per heavy atom. The summed E-state index contributed by atoms with van der Waals surface area (Å²) in [6, 6.07) is 8.00. The third-order valence-electron chi connectivity index (χ3n) is 5.07. The Hall–Kier alpha value is -1.59. The van der Waals surface area contributed by atoms with E-state index in [4.69, 9.17) is 0 Å². The van der Waals surface area contributed by atoms with Crippen LogP contribution < -0.4 is 5.32 Å². The standard InChI is InChI=1S/C20H33N3O2/c1-3-10-22-11-8-18(9-12-22)15-21-20(25)23(13-14-24)16-19-7-5-4-6-17(19)2/h4-7,18,24H,3,8-16H2,1-2H3,(H,21,25). The first kappa shape index (κ1) is 19.7. The van der Waals surface area contributed by atoms with Crippen LogP contribution in [0, 0.1) is 12.8 Å². The second kappa shape index (κ2) is 10.4. The number of rotatable bonds is 8. The molecule has 5 nitrogen and oxygen atoms in total. The summed E-state index contributed by atoms with van der Waals surface area (Å²) in [6.07, 6.45) is 3.51. The molecule has 0 bridgehead atoms. The molecule has 0 unspecified atom stereocenters. The molecule has 1 aliphatic rings. The fourth-order valence-corrected chi connectivity index (χ4v) is 3.44. The summed E-state index contributed by atoms with van der Waals surface area (Å²) >= 11 is 0. The summed E-state index contributed by atoms with van der Waals surface area (Å²) in [5, 5.41) is 12.4. The molecular weight excluding hydrogens is 314 g/mol. The van der Waals surface area contributed by atoms with Crippen LogP contribution in [-0.4, -0.2) is 60.3 Å². The summed E-state index contributed by atoms with van der Waals surface area (Å²) < 4.78 is 0. The number of nitrogens with one attached hydrogen (secondary N) is 1. The Bertz CT molecular complexity index is 527. The fraction of sp³-hybridized carbons (Fsp3) is 0.650. The van der Waals surface area contributed by atoms with Crippen molar-refractivity contribution in [2.24, 2.45) is 5.92 Å². The number of piperidine rings is 1. The zero-order valence-electron chi connectivity index (χ0n) is 15.7. The number of nitrogens with zero attached hydrogens (tertiary/aromatic N) is 2. The molecule has 0 saturated carbocycles. The quantitative estimate of drug-likeness (QED) is 0.760. The molecule has 0 atom stereocenters. The summed E-state index contributed by atoms with van der Waals surface area (Å²) in [5.41, 5.74) is 2.29. The zero-order chi connectivity index (χ0) is 18.1. The number of aliphatic hydroxyl groups is 1. The number of hydrogen-bond acceptors (Lipinski definition) is 3. The second-order valence-corrected chi connectivity index (χ2v) is 7.04. The van der Waals surface area contributed by atoms with Gasteiger partial charge in [0.1, 0.15) is 0 Å². The van der Waals surface area contributed by atoms with E-state index in [9.17, 15) is 9.90 Å². The van der Waals surface area contributed by atoms with Gasteiger partial charge in [-0.1, -0.05) is 31.2 Å². The predicted molar refractivity (Wildman–Crippen MR) is 102 cm³/mol. The molecule has 1 heterocycles. The van der Waals surface area contributed by atoms with E-state index in [-0.39, 0.29) is 12.6 Å². The number of aryl methyl sites for hydroxylation is 1. The van der Waals surface area contributed by atoms with Crippen molar-refractivity contribution in [1.29, 1.82) is 0 Å². The Morgan fingerprint density at radius 2 is 2.04 bits per heavy atom. The molecule has 0 radical (unpaired) electrons. The number of hydrogen-bond donors (Lipinski definition) is 2. The lowest BCUT2D eigenvalue weighted by atomic mass is 9.97. The molecule has 2 N–H and O–H groups in total. The van der Waals surface area contributed by atoms with E-state index < -0.39 is 0 Å². The molecule has 0 spiro atoms. The summed E-state index contributed by atoms with van der Waals surface area (Å²) in [5.74, 6) is 0.562. The molecule has 1 fully saturated rings. The van der Waals surface area contributed by atoms with Gasteiger partial charge in [-0.3, -0.25) is 0 Å². The maximum absolute atomic E-state index is 12.6. The Labute approximate surface area is 152 Å². The van der Waals surface area contributed by atoms with Crippen LogP contribution in [0.1, 0.15) is 37.3 Å². The van der Waals surface area contributed by atoms with Gasteiger partial charge in [0, 0.05) is 19.6 Å². The van der Waals surface area contributed by atoms with Crippen molar-refractivity contribution < 1.29 is 9.90 Å². The molecule has 5 heteroatoms. The third-order valence-corrected chi connectivity index (χ3v) is 5.07. The maximum atomic E-state index is 12.6. The van der Waals surface area contributed by atoms with E-state index in [1.165, 1.54) is 18.5 Å². The average Bonchev–Trinajstić information content (AvgIpc) is 2.62. The minimum absolute atomic E-state index is 0.0191. The van der Waals surface area contributed by atoms with Crippen molar-refractivity contribution in [3.05, 3.63) is 35.4 Å². The minimum Gasteiger partial charge on any atom is -0.395 e. The first-order valence-electron chi connectivity index (χ1n) is 9.54. The lowest BCUT2D eigenvalue weighted by Crippen LogP contribution is -2.44. The highest BCUT2D eigenvalue weighted by Crippen LogP contribution is 2.17. The van der Waals surface area contributed by atoms with Crippen LogP contribution in [0.5, 0.6) is 0 Å². The summed E-state index contributed by atoms with van der Waals surface area (Å²) in [4.78, 5) is 16.8. The lowest BCUT2D eigenvalue weighted by molar-refractivity contribution is 0.162. The van der Waals surface area contributed by atoms with Crippen LogP contribution in [0.15, 0.2) is 24.3 Å². The maximum Gasteiger partial charge on any atom is 0.317 e. The van der Waals surface area contributed by atoms with Crippen molar-refractivity contribution in [3.8, 4) is 0 Å². The number of urea groups is 1. The van der Waals surface area contributed by atoms with Gasteiger partial charge in [0.05, 0.1) is 6.61 Å². The highest BCUT2D eigenvalue weighted by Gasteiger charge is 2.20. The van der Waals surface area contributed by atoms with Crippen molar-refractivity contribution in [2.45, 2.75) is 39.7 Å². The molecule has 0 aliphatic carbocycles. The van der Waals surface area contributed by atoms with E-state index in [0.29, 0.717) is 19.0 Å². The Balaban J connectivity index is 1.81. The van der Waals surface area contributed by atoms with Gasteiger partial charge >= 0.3 is 6.03 Å². The minimum atomic E-state index is -0.0757. The number of carbonyl (C=O) groups is 1. The average molecular weight is 348 g/mol. The van der Waals surface area contributed by atoms with Gasteiger partial charge in [-0.05, 0) is 62.9 Å². The lowest BCUT2D eigenvalue weighted by Gasteiger charge is -2.32. The Kier molecular flexibility index (Phi) is 8.22. The van der Waals surface area contributed by atoms with Crippen molar-refractivity contribution in [3.63, 3.8) is 0 Å². The van der Waals surface area contributed by atoms with Crippen LogP contribution >= 0.6 is 0 Å². The van der Waals surface area contributed by atoms with Crippen LogP contribution in [0.2, 0.25) is 0 Å². The van der Waals surface area contributed by atoms with Crippen LogP contribution in [0.3, 0.4) is 0 Å². The highest BCUT2D eigenvalue weighted by molar-refractivity contribution is 5.74. The molecule has 0 aromatic heterocycles. The van der Waals surface area contributed by atoms with Gasteiger partial charge in [-0.25, -0.2) is 4.79 Å². The first-order valence-corrected chi connectivity index (χ1v) is 9.54. The van der Waals surface area contributed by atoms with Gasteiger partial charge in [0.2, 0.25) is 0 Å². The molecule has 1 aliphatic heterocycles. The predicted octanol–water partition coefficient (Wildman–Crippen LogP) is 2.62. The van der Waals surface area contributed by atoms with E-state index in [0.717, 1.165) is 38.0 Å². The van der Waals surface area contributed by atoms with E-state index in [1.54, 1.807) is 4.90 Å². The molecule has 25 heavy (non-hydrogen) atoms.